The summed E-state index contributed by atoms with van der Waals surface area (Å²) in [6.07, 6.45) is -4.45. The van der Waals surface area contributed by atoms with Crippen LogP contribution in [0.1, 0.15) is 19.4 Å². The zero-order valence-corrected chi connectivity index (χ0v) is 11.0. The molecule has 0 atom stereocenters. The molecule has 6 heteroatoms. The highest BCUT2D eigenvalue weighted by Crippen LogP contribution is 2.37. The van der Waals surface area contributed by atoms with Crippen molar-refractivity contribution in [3.05, 3.63) is 28.2 Å². The molecule has 2 nitrogen and oxygen atoms in total. The second-order valence-electron chi connectivity index (χ2n) is 4.42. The molecule has 0 aliphatic carbocycles. The Bertz CT molecular complexity index is 399. The van der Waals surface area contributed by atoms with E-state index in [-0.39, 0.29) is 12.4 Å². The van der Waals surface area contributed by atoms with Gasteiger partial charge in [0.2, 0.25) is 0 Å². The van der Waals surface area contributed by atoms with Gasteiger partial charge in [-0.3, -0.25) is 0 Å². The van der Waals surface area contributed by atoms with E-state index in [1.807, 2.05) is 0 Å². The lowest BCUT2D eigenvalue weighted by Gasteiger charge is -2.21. The number of rotatable bonds is 3. The molecule has 0 heterocycles. The lowest BCUT2D eigenvalue weighted by Crippen LogP contribution is -2.39. The van der Waals surface area contributed by atoms with Crippen LogP contribution in [0.15, 0.2) is 22.7 Å². The van der Waals surface area contributed by atoms with E-state index in [1.54, 1.807) is 13.8 Å². The lowest BCUT2D eigenvalue weighted by molar-refractivity contribution is -0.139. The van der Waals surface area contributed by atoms with E-state index >= 15 is 0 Å². The molecule has 0 aliphatic rings. The van der Waals surface area contributed by atoms with Gasteiger partial charge in [0.25, 0.3) is 0 Å². The first-order valence-electron chi connectivity index (χ1n) is 4.88. The molecule has 1 aromatic carbocycles. The SMILES string of the molecule is CC(C)(N)COc1ccc(Br)cc1C(F)(F)F. The predicted molar refractivity (Wildman–Crippen MR) is 62.9 cm³/mol. The van der Waals surface area contributed by atoms with Gasteiger partial charge in [-0.15, -0.1) is 0 Å². The molecule has 0 saturated heterocycles. The molecule has 0 unspecified atom stereocenters. The first-order valence-corrected chi connectivity index (χ1v) is 5.67. The number of ether oxygens (including phenoxy) is 1. The van der Waals surface area contributed by atoms with E-state index in [2.05, 4.69) is 15.9 Å². The third-order valence-corrected chi connectivity index (χ3v) is 2.34. The lowest BCUT2D eigenvalue weighted by atomic mass is 10.1. The van der Waals surface area contributed by atoms with Crippen LogP contribution in [0.4, 0.5) is 13.2 Å². The van der Waals surface area contributed by atoms with Crippen LogP contribution >= 0.6 is 15.9 Å². The van der Waals surface area contributed by atoms with Crippen LogP contribution in [-0.2, 0) is 6.18 Å². The first kappa shape index (κ1) is 14.3. The molecule has 2 N–H and O–H groups in total. The van der Waals surface area contributed by atoms with Crippen molar-refractivity contribution < 1.29 is 17.9 Å². The van der Waals surface area contributed by atoms with Gasteiger partial charge in [0.1, 0.15) is 12.4 Å². The third-order valence-electron chi connectivity index (χ3n) is 1.85. The number of alkyl halides is 3. The zero-order chi connectivity index (χ0) is 13.3. The Hall–Kier alpha value is -0.750. The Kier molecular flexibility index (Phi) is 4.09. The van der Waals surface area contributed by atoms with Crippen molar-refractivity contribution in [1.82, 2.24) is 0 Å². The fraction of sp³-hybridized carbons (Fsp3) is 0.455. The number of hydrogen-bond acceptors (Lipinski definition) is 2. The predicted octanol–water partition coefficient (Wildman–Crippen LogP) is 3.58. The Morgan fingerprint density at radius 1 is 1.29 bits per heavy atom. The average Bonchev–Trinajstić information content (AvgIpc) is 2.13. The highest BCUT2D eigenvalue weighted by molar-refractivity contribution is 9.10. The van der Waals surface area contributed by atoms with Gasteiger partial charge in [0, 0.05) is 10.0 Å². The maximum Gasteiger partial charge on any atom is 0.420 e. The average molecular weight is 312 g/mol. The van der Waals surface area contributed by atoms with Gasteiger partial charge in [-0.25, -0.2) is 0 Å². The molecule has 0 spiro atoms. The van der Waals surface area contributed by atoms with Crippen LogP contribution in [0.2, 0.25) is 0 Å². The smallest absolute Gasteiger partial charge is 0.420 e. The normalized spacial score (nSPS) is 12.6. The van der Waals surface area contributed by atoms with E-state index in [0.717, 1.165) is 6.07 Å². The topological polar surface area (TPSA) is 35.2 Å². The number of hydrogen-bond donors (Lipinski definition) is 1. The van der Waals surface area contributed by atoms with E-state index in [1.165, 1.54) is 12.1 Å². The summed E-state index contributed by atoms with van der Waals surface area (Å²) in [5.41, 5.74) is 4.16. The Balaban J connectivity index is 2.99. The second-order valence-corrected chi connectivity index (χ2v) is 5.33. The molecular weight excluding hydrogens is 299 g/mol. The largest absolute Gasteiger partial charge is 0.491 e. The van der Waals surface area contributed by atoms with Crippen LogP contribution in [0.5, 0.6) is 5.75 Å². The number of nitrogens with two attached hydrogens (primary N) is 1. The summed E-state index contributed by atoms with van der Waals surface area (Å²) in [6, 6.07) is 3.76. The first-order chi connectivity index (χ1) is 7.59. The van der Waals surface area contributed by atoms with Crippen LogP contribution in [0, 0.1) is 0 Å². The van der Waals surface area contributed by atoms with E-state index in [4.69, 9.17) is 10.5 Å². The molecule has 0 radical (unpaired) electrons. The fourth-order valence-electron chi connectivity index (χ4n) is 1.11. The van der Waals surface area contributed by atoms with Gasteiger partial charge >= 0.3 is 6.18 Å². The summed E-state index contributed by atoms with van der Waals surface area (Å²) in [5, 5.41) is 0. The van der Waals surface area contributed by atoms with Crippen LogP contribution in [0.3, 0.4) is 0 Å². The molecule has 1 rings (SSSR count). The summed E-state index contributed by atoms with van der Waals surface area (Å²) in [6.45, 7) is 3.37. The van der Waals surface area contributed by atoms with Crippen LogP contribution in [-0.4, -0.2) is 12.1 Å². The van der Waals surface area contributed by atoms with Crippen molar-refractivity contribution in [1.29, 1.82) is 0 Å². The quantitative estimate of drug-likeness (QED) is 0.926. The number of halogens is 4. The molecule has 0 amide bonds. The maximum absolute atomic E-state index is 12.7. The van der Waals surface area contributed by atoms with Gasteiger partial charge < -0.3 is 10.5 Å². The second kappa shape index (κ2) is 4.86. The molecule has 1 aromatic rings. The van der Waals surface area contributed by atoms with Crippen molar-refractivity contribution >= 4 is 15.9 Å². The van der Waals surface area contributed by atoms with Gasteiger partial charge in [-0.2, -0.15) is 13.2 Å². The van der Waals surface area contributed by atoms with Crippen molar-refractivity contribution in [3.63, 3.8) is 0 Å². The maximum atomic E-state index is 12.7. The number of benzene rings is 1. The molecule has 17 heavy (non-hydrogen) atoms. The van der Waals surface area contributed by atoms with Gasteiger partial charge in [-0.1, -0.05) is 15.9 Å². The van der Waals surface area contributed by atoms with Gasteiger partial charge in [0.15, 0.2) is 0 Å². The minimum atomic E-state index is -4.45. The molecular formula is C11H13BrF3NO. The summed E-state index contributed by atoms with van der Waals surface area (Å²) in [4.78, 5) is 0. The minimum Gasteiger partial charge on any atom is -0.491 e. The minimum absolute atomic E-state index is 0.0116. The summed E-state index contributed by atoms with van der Waals surface area (Å²) < 4.78 is 43.6. The molecule has 0 aromatic heterocycles. The zero-order valence-electron chi connectivity index (χ0n) is 9.44. The molecule has 0 saturated carbocycles. The van der Waals surface area contributed by atoms with Gasteiger partial charge in [-0.05, 0) is 32.0 Å². The van der Waals surface area contributed by atoms with E-state index in [0.29, 0.717) is 4.47 Å². The summed E-state index contributed by atoms with van der Waals surface area (Å²) in [7, 11) is 0. The van der Waals surface area contributed by atoms with Crippen molar-refractivity contribution in [2.75, 3.05) is 6.61 Å². The highest BCUT2D eigenvalue weighted by atomic mass is 79.9. The van der Waals surface area contributed by atoms with Crippen molar-refractivity contribution in [2.24, 2.45) is 5.73 Å². The monoisotopic (exact) mass is 311 g/mol. The Labute approximate surface area is 106 Å². The molecule has 0 fully saturated rings. The fourth-order valence-corrected chi connectivity index (χ4v) is 1.47. The van der Waals surface area contributed by atoms with Crippen LogP contribution < -0.4 is 10.5 Å². The van der Waals surface area contributed by atoms with E-state index < -0.39 is 17.3 Å². The highest BCUT2D eigenvalue weighted by Gasteiger charge is 2.34. The molecule has 0 aliphatic heterocycles. The van der Waals surface area contributed by atoms with Crippen molar-refractivity contribution in [2.45, 2.75) is 25.6 Å². The van der Waals surface area contributed by atoms with Crippen molar-refractivity contribution in [3.8, 4) is 5.75 Å². The Morgan fingerprint density at radius 3 is 2.35 bits per heavy atom. The third kappa shape index (κ3) is 4.55. The standard InChI is InChI=1S/C11H13BrF3NO/c1-10(2,16)6-17-9-4-3-7(12)5-8(9)11(13,14)15/h3-5H,6,16H2,1-2H3. The van der Waals surface area contributed by atoms with Crippen LogP contribution in [0.25, 0.3) is 0 Å². The van der Waals surface area contributed by atoms with E-state index in [9.17, 15) is 13.2 Å². The Morgan fingerprint density at radius 2 is 1.88 bits per heavy atom. The molecule has 96 valence electrons. The van der Waals surface area contributed by atoms with Gasteiger partial charge in [0.05, 0.1) is 5.56 Å². The summed E-state index contributed by atoms with van der Waals surface area (Å²) >= 11 is 3.00. The summed E-state index contributed by atoms with van der Waals surface area (Å²) in [5.74, 6) is -0.209. The molecule has 0 bridgehead atoms.